The second kappa shape index (κ2) is 9.94. The van der Waals surface area contributed by atoms with Crippen LogP contribution < -0.4 is 0 Å². The van der Waals surface area contributed by atoms with Crippen LogP contribution in [0.2, 0.25) is 0 Å². The zero-order chi connectivity index (χ0) is 11.5. The normalized spacial score (nSPS) is 10.9. The van der Waals surface area contributed by atoms with Gasteiger partial charge in [0.15, 0.2) is 0 Å². The Labute approximate surface area is 93.4 Å². The maximum absolute atomic E-state index is 10.5. The van der Waals surface area contributed by atoms with Gasteiger partial charge < -0.3 is 0 Å². The van der Waals surface area contributed by atoms with Crippen LogP contribution in [0.1, 0.15) is 65.2 Å². The van der Waals surface area contributed by atoms with Crippen LogP contribution in [0.25, 0.3) is 0 Å². The third-order valence-corrected chi connectivity index (χ3v) is 2.84. The fourth-order valence-electron chi connectivity index (χ4n) is 1.90. The third-order valence-electron chi connectivity index (χ3n) is 2.84. The van der Waals surface area contributed by atoms with Crippen LogP contribution in [0.4, 0.5) is 0 Å². The van der Waals surface area contributed by atoms with E-state index in [1.54, 1.807) is 0 Å². The molecule has 0 fully saturated rings. The van der Waals surface area contributed by atoms with Crippen molar-refractivity contribution in [1.29, 1.82) is 0 Å². The van der Waals surface area contributed by atoms with E-state index in [2.05, 4.69) is 13.8 Å². The molecule has 0 spiro atoms. The van der Waals surface area contributed by atoms with E-state index >= 15 is 0 Å². The first-order valence-electron chi connectivity index (χ1n) is 6.32. The summed E-state index contributed by atoms with van der Waals surface area (Å²) >= 11 is 0. The smallest absolute Gasteiger partial charge is 0.206 e. The van der Waals surface area contributed by atoms with Gasteiger partial charge in [0.1, 0.15) is 0 Å². The minimum absolute atomic E-state index is 0.150. The third kappa shape index (κ3) is 9.70. The van der Waals surface area contributed by atoms with E-state index in [9.17, 15) is 10.1 Å². The zero-order valence-electron chi connectivity index (χ0n) is 10.2. The molecular formula is C12H25NO2. The highest BCUT2D eigenvalue weighted by Gasteiger charge is 2.14. The van der Waals surface area contributed by atoms with Crippen LogP contribution in [0.3, 0.4) is 0 Å². The molecule has 90 valence electrons. The van der Waals surface area contributed by atoms with Crippen molar-refractivity contribution >= 4 is 0 Å². The molecule has 0 atom stereocenters. The highest BCUT2D eigenvalue weighted by atomic mass is 16.6. The van der Waals surface area contributed by atoms with Gasteiger partial charge in [-0.15, -0.1) is 0 Å². The Morgan fingerprint density at radius 2 is 1.47 bits per heavy atom. The highest BCUT2D eigenvalue weighted by Crippen LogP contribution is 2.17. The lowest BCUT2D eigenvalue weighted by Gasteiger charge is -2.11. The van der Waals surface area contributed by atoms with Crippen molar-refractivity contribution in [2.24, 2.45) is 5.92 Å². The Kier molecular flexibility index (Phi) is 9.54. The highest BCUT2D eigenvalue weighted by molar-refractivity contribution is 4.59. The summed E-state index contributed by atoms with van der Waals surface area (Å²) in [5, 5.41) is 10.5. The number of rotatable bonds is 10. The SMILES string of the molecule is CCCCCC(CCCCC)C[N+](=O)[O-]. The van der Waals surface area contributed by atoms with Crippen LogP contribution in [0, 0.1) is 16.0 Å². The van der Waals surface area contributed by atoms with Gasteiger partial charge in [-0.3, -0.25) is 10.1 Å². The van der Waals surface area contributed by atoms with E-state index < -0.39 is 0 Å². The van der Waals surface area contributed by atoms with E-state index in [1.165, 1.54) is 25.7 Å². The first-order chi connectivity index (χ1) is 7.20. The van der Waals surface area contributed by atoms with Crippen molar-refractivity contribution < 1.29 is 4.92 Å². The van der Waals surface area contributed by atoms with Crippen LogP contribution in [-0.2, 0) is 0 Å². The van der Waals surface area contributed by atoms with Gasteiger partial charge in [-0.25, -0.2) is 0 Å². The van der Waals surface area contributed by atoms with Crippen molar-refractivity contribution in [2.75, 3.05) is 6.54 Å². The fraction of sp³-hybridized carbons (Fsp3) is 1.00. The fourth-order valence-corrected chi connectivity index (χ4v) is 1.90. The molecule has 0 heterocycles. The van der Waals surface area contributed by atoms with Gasteiger partial charge in [0.2, 0.25) is 6.54 Å². The van der Waals surface area contributed by atoms with Crippen molar-refractivity contribution in [3.8, 4) is 0 Å². The van der Waals surface area contributed by atoms with Gasteiger partial charge in [0.05, 0.1) is 0 Å². The maximum atomic E-state index is 10.5. The number of hydrogen-bond acceptors (Lipinski definition) is 2. The van der Waals surface area contributed by atoms with Crippen molar-refractivity contribution in [1.82, 2.24) is 0 Å². The number of hydrogen-bond donors (Lipinski definition) is 0. The zero-order valence-corrected chi connectivity index (χ0v) is 10.2. The first kappa shape index (κ1) is 14.4. The lowest BCUT2D eigenvalue weighted by atomic mass is 9.95. The number of nitrogens with zero attached hydrogens (tertiary/aromatic N) is 1. The maximum Gasteiger partial charge on any atom is 0.206 e. The van der Waals surface area contributed by atoms with E-state index in [4.69, 9.17) is 0 Å². The van der Waals surface area contributed by atoms with Crippen LogP contribution >= 0.6 is 0 Å². The molecule has 0 aromatic carbocycles. The molecule has 0 radical (unpaired) electrons. The molecule has 0 saturated carbocycles. The summed E-state index contributed by atoms with van der Waals surface area (Å²) in [6.45, 7) is 4.51. The molecule has 0 bridgehead atoms. The second-order valence-corrected chi connectivity index (χ2v) is 4.37. The molecule has 0 aliphatic carbocycles. The summed E-state index contributed by atoms with van der Waals surface area (Å²) in [7, 11) is 0. The monoisotopic (exact) mass is 215 g/mol. The summed E-state index contributed by atoms with van der Waals surface area (Å²) in [6.07, 6.45) is 9.20. The molecule has 0 aliphatic rings. The van der Waals surface area contributed by atoms with Crippen LogP contribution in [0.5, 0.6) is 0 Å². The van der Waals surface area contributed by atoms with Gasteiger partial charge >= 0.3 is 0 Å². The molecule has 0 unspecified atom stereocenters. The summed E-state index contributed by atoms with van der Waals surface area (Å²) in [5.74, 6) is 0.318. The molecule has 0 N–H and O–H groups in total. The topological polar surface area (TPSA) is 43.1 Å². The molecule has 0 amide bonds. The molecule has 3 nitrogen and oxygen atoms in total. The molecular weight excluding hydrogens is 190 g/mol. The van der Waals surface area contributed by atoms with Gasteiger partial charge in [0.25, 0.3) is 0 Å². The minimum atomic E-state index is -0.150. The van der Waals surface area contributed by atoms with E-state index in [0.717, 1.165) is 25.7 Å². The summed E-state index contributed by atoms with van der Waals surface area (Å²) in [6, 6.07) is 0. The van der Waals surface area contributed by atoms with Gasteiger partial charge in [-0.1, -0.05) is 52.4 Å². The van der Waals surface area contributed by atoms with Gasteiger partial charge in [0, 0.05) is 10.8 Å². The average molecular weight is 215 g/mol. The van der Waals surface area contributed by atoms with Crippen LogP contribution in [0.15, 0.2) is 0 Å². The Bertz CT molecular complexity index is 150. The van der Waals surface area contributed by atoms with Crippen LogP contribution in [-0.4, -0.2) is 11.5 Å². The molecule has 0 aromatic rings. The molecule has 0 aromatic heterocycles. The molecule has 0 saturated heterocycles. The Hall–Kier alpha value is -0.600. The Morgan fingerprint density at radius 1 is 1.00 bits per heavy atom. The number of unbranched alkanes of at least 4 members (excludes halogenated alkanes) is 4. The first-order valence-corrected chi connectivity index (χ1v) is 6.32. The molecule has 0 aliphatic heterocycles. The lowest BCUT2D eigenvalue weighted by Crippen LogP contribution is -2.14. The van der Waals surface area contributed by atoms with Gasteiger partial charge in [-0.05, 0) is 12.8 Å². The molecule has 0 rings (SSSR count). The Morgan fingerprint density at radius 3 is 1.80 bits per heavy atom. The minimum Gasteiger partial charge on any atom is -0.265 e. The second-order valence-electron chi connectivity index (χ2n) is 4.37. The standard InChI is InChI=1S/C12H25NO2/c1-3-5-7-9-12(11-13(14)15)10-8-6-4-2/h12H,3-11H2,1-2H3. The summed E-state index contributed by atoms with van der Waals surface area (Å²) < 4.78 is 0. The molecule has 3 heteroatoms. The van der Waals surface area contributed by atoms with Crippen molar-refractivity contribution in [2.45, 2.75) is 65.2 Å². The molecule has 15 heavy (non-hydrogen) atoms. The largest absolute Gasteiger partial charge is 0.265 e. The lowest BCUT2D eigenvalue weighted by molar-refractivity contribution is -0.488. The van der Waals surface area contributed by atoms with Crippen molar-refractivity contribution in [3.05, 3.63) is 10.1 Å². The summed E-state index contributed by atoms with van der Waals surface area (Å²) in [5.41, 5.74) is 0. The average Bonchev–Trinajstić information content (AvgIpc) is 2.17. The van der Waals surface area contributed by atoms with E-state index in [0.29, 0.717) is 5.92 Å². The van der Waals surface area contributed by atoms with E-state index in [-0.39, 0.29) is 11.5 Å². The Balaban J connectivity index is 3.68. The van der Waals surface area contributed by atoms with E-state index in [1.807, 2.05) is 0 Å². The van der Waals surface area contributed by atoms with Crippen molar-refractivity contribution in [3.63, 3.8) is 0 Å². The predicted octanol–water partition coefficient (Wildman–Crippen LogP) is 4.04. The quantitative estimate of drug-likeness (QED) is 0.313. The number of nitro groups is 1. The predicted molar refractivity (Wildman–Crippen MR) is 63.6 cm³/mol. The van der Waals surface area contributed by atoms with Gasteiger partial charge in [-0.2, -0.15) is 0 Å². The summed E-state index contributed by atoms with van der Waals surface area (Å²) in [4.78, 5) is 10.3.